The van der Waals surface area contributed by atoms with Gasteiger partial charge >= 0.3 is 5.69 Å². The summed E-state index contributed by atoms with van der Waals surface area (Å²) in [7, 11) is 0. The molecule has 0 radical (unpaired) electrons. The second-order valence-electron chi connectivity index (χ2n) is 5.49. The third-order valence-corrected chi connectivity index (χ3v) is 4.40. The first-order valence-corrected chi connectivity index (χ1v) is 8.26. The summed E-state index contributed by atoms with van der Waals surface area (Å²) in [4.78, 5) is 16.8. The second kappa shape index (κ2) is 7.23. The van der Waals surface area contributed by atoms with E-state index >= 15 is 0 Å². The monoisotopic (exact) mass is 367 g/mol. The lowest BCUT2D eigenvalue weighted by Gasteiger charge is -2.32. The minimum Gasteiger partial charge on any atom is -0.489 e. The lowest BCUT2D eigenvalue weighted by atomic mass is 10.1. The molecule has 8 heteroatoms. The van der Waals surface area contributed by atoms with Crippen LogP contribution in [0.5, 0.6) is 5.75 Å². The third-order valence-electron chi connectivity index (χ3n) is 3.88. The predicted molar refractivity (Wildman–Crippen MR) is 93.2 cm³/mol. The molecule has 1 aromatic heterocycles. The SMILES string of the molecule is O=[N+]([O-])c1cc(Cl)cnc1N1CCC(Oc2ccccc2Cl)CC1. The van der Waals surface area contributed by atoms with E-state index in [1.165, 1.54) is 12.3 Å². The first-order chi connectivity index (χ1) is 11.5. The number of aromatic nitrogens is 1. The number of ether oxygens (including phenoxy) is 1. The van der Waals surface area contributed by atoms with Crippen LogP contribution in [0.4, 0.5) is 11.5 Å². The van der Waals surface area contributed by atoms with Crippen LogP contribution < -0.4 is 9.64 Å². The van der Waals surface area contributed by atoms with E-state index in [2.05, 4.69) is 4.98 Å². The van der Waals surface area contributed by atoms with Crippen molar-refractivity contribution in [2.24, 2.45) is 0 Å². The highest BCUT2D eigenvalue weighted by Crippen LogP contribution is 2.32. The summed E-state index contributed by atoms with van der Waals surface area (Å²) in [5.41, 5.74) is -0.0760. The number of nitrogens with zero attached hydrogens (tertiary/aromatic N) is 3. The van der Waals surface area contributed by atoms with Gasteiger partial charge in [-0.1, -0.05) is 35.3 Å². The first-order valence-electron chi connectivity index (χ1n) is 7.50. The molecule has 1 fully saturated rings. The normalized spacial score (nSPS) is 15.3. The van der Waals surface area contributed by atoms with Gasteiger partial charge in [0.05, 0.1) is 15.0 Å². The largest absolute Gasteiger partial charge is 0.489 e. The van der Waals surface area contributed by atoms with Crippen molar-refractivity contribution in [3.8, 4) is 5.75 Å². The number of hydrogen-bond acceptors (Lipinski definition) is 5. The molecular formula is C16H15Cl2N3O3. The quantitative estimate of drug-likeness (QED) is 0.593. The maximum Gasteiger partial charge on any atom is 0.313 e. The summed E-state index contributed by atoms with van der Waals surface area (Å²) >= 11 is 11.9. The minimum absolute atomic E-state index is 0.0208. The van der Waals surface area contributed by atoms with Crippen molar-refractivity contribution in [2.75, 3.05) is 18.0 Å². The highest BCUT2D eigenvalue weighted by atomic mass is 35.5. The van der Waals surface area contributed by atoms with Gasteiger partial charge in [-0.3, -0.25) is 10.1 Å². The highest BCUT2D eigenvalue weighted by molar-refractivity contribution is 6.32. The van der Waals surface area contributed by atoms with E-state index in [0.29, 0.717) is 29.7 Å². The Bertz CT molecular complexity index is 749. The molecule has 3 rings (SSSR count). The summed E-state index contributed by atoms with van der Waals surface area (Å²) in [6, 6.07) is 8.67. The molecule has 1 saturated heterocycles. The van der Waals surface area contributed by atoms with Gasteiger partial charge < -0.3 is 9.64 Å². The van der Waals surface area contributed by atoms with Crippen molar-refractivity contribution in [2.45, 2.75) is 18.9 Å². The van der Waals surface area contributed by atoms with Gasteiger partial charge in [0, 0.05) is 38.2 Å². The van der Waals surface area contributed by atoms with E-state index in [0.717, 1.165) is 12.8 Å². The second-order valence-corrected chi connectivity index (χ2v) is 6.33. The molecule has 0 saturated carbocycles. The summed E-state index contributed by atoms with van der Waals surface area (Å²) in [5.74, 6) is 1.01. The van der Waals surface area contributed by atoms with Crippen LogP contribution in [0.3, 0.4) is 0 Å². The summed E-state index contributed by atoms with van der Waals surface area (Å²) < 4.78 is 5.93. The molecule has 0 spiro atoms. The fourth-order valence-electron chi connectivity index (χ4n) is 2.70. The summed E-state index contributed by atoms with van der Waals surface area (Å²) in [6.07, 6.45) is 2.91. The Morgan fingerprint density at radius 3 is 2.62 bits per heavy atom. The van der Waals surface area contributed by atoms with Crippen LogP contribution >= 0.6 is 23.2 Å². The molecule has 1 aromatic carbocycles. The molecule has 2 heterocycles. The molecule has 0 atom stereocenters. The molecule has 6 nitrogen and oxygen atoms in total. The van der Waals surface area contributed by atoms with Crippen molar-refractivity contribution in [1.29, 1.82) is 0 Å². The Labute approximate surface area is 149 Å². The Kier molecular flexibility index (Phi) is 5.06. The van der Waals surface area contributed by atoms with Gasteiger partial charge in [0.2, 0.25) is 5.82 Å². The van der Waals surface area contributed by atoms with Crippen molar-refractivity contribution >= 4 is 34.7 Å². The molecule has 0 unspecified atom stereocenters. The number of pyridine rings is 1. The van der Waals surface area contributed by atoms with Crippen LogP contribution in [-0.2, 0) is 0 Å². The standard InChI is InChI=1S/C16H15Cl2N3O3/c17-11-9-14(21(22)23)16(19-10-11)20-7-5-12(6-8-20)24-15-4-2-1-3-13(15)18/h1-4,9-10,12H,5-8H2. The third kappa shape index (κ3) is 3.71. The lowest BCUT2D eigenvalue weighted by molar-refractivity contribution is -0.384. The van der Waals surface area contributed by atoms with Gasteiger partial charge in [-0.25, -0.2) is 4.98 Å². The van der Waals surface area contributed by atoms with Gasteiger partial charge in [-0.15, -0.1) is 0 Å². The van der Waals surface area contributed by atoms with Gasteiger partial charge in [0.25, 0.3) is 0 Å². The number of rotatable bonds is 4. The van der Waals surface area contributed by atoms with Crippen LogP contribution in [-0.4, -0.2) is 29.1 Å². The molecule has 0 bridgehead atoms. The zero-order chi connectivity index (χ0) is 17.1. The average Bonchev–Trinajstić information content (AvgIpc) is 2.58. The first kappa shape index (κ1) is 16.8. The highest BCUT2D eigenvalue weighted by Gasteiger charge is 2.27. The Hall–Kier alpha value is -2.05. The van der Waals surface area contributed by atoms with Crippen molar-refractivity contribution in [1.82, 2.24) is 4.98 Å². The summed E-state index contributed by atoms with van der Waals surface area (Å²) in [5, 5.41) is 12.0. The smallest absolute Gasteiger partial charge is 0.313 e. The maximum absolute atomic E-state index is 11.2. The minimum atomic E-state index is -0.458. The van der Waals surface area contributed by atoms with Crippen LogP contribution in [0.25, 0.3) is 0 Å². The molecule has 24 heavy (non-hydrogen) atoms. The molecule has 1 aliphatic heterocycles. The number of halogens is 2. The van der Waals surface area contributed by atoms with E-state index in [4.69, 9.17) is 27.9 Å². The Morgan fingerprint density at radius 1 is 1.25 bits per heavy atom. The van der Waals surface area contributed by atoms with Crippen molar-refractivity contribution in [3.05, 3.63) is 56.7 Å². The number of nitro groups is 1. The number of para-hydroxylation sites is 1. The van der Waals surface area contributed by atoms with Crippen molar-refractivity contribution in [3.63, 3.8) is 0 Å². The van der Waals surface area contributed by atoms with Gasteiger partial charge in [0.15, 0.2) is 0 Å². The van der Waals surface area contributed by atoms with E-state index in [1.807, 2.05) is 23.1 Å². The Morgan fingerprint density at radius 2 is 1.96 bits per heavy atom. The molecule has 0 aliphatic carbocycles. The van der Waals surface area contributed by atoms with E-state index in [1.54, 1.807) is 6.07 Å². The molecular weight excluding hydrogens is 353 g/mol. The van der Waals surface area contributed by atoms with Crippen LogP contribution in [0.1, 0.15) is 12.8 Å². The van der Waals surface area contributed by atoms with Gasteiger partial charge in [-0.05, 0) is 12.1 Å². The molecule has 0 N–H and O–H groups in total. The number of benzene rings is 1. The zero-order valence-corrected chi connectivity index (χ0v) is 14.2. The fraction of sp³-hybridized carbons (Fsp3) is 0.312. The topological polar surface area (TPSA) is 68.5 Å². The molecule has 126 valence electrons. The van der Waals surface area contributed by atoms with Crippen LogP contribution in [0.2, 0.25) is 10.0 Å². The maximum atomic E-state index is 11.2. The van der Waals surface area contributed by atoms with Crippen LogP contribution in [0, 0.1) is 10.1 Å². The molecule has 1 aliphatic rings. The molecule has 2 aromatic rings. The van der Waals surface area contributed by atoms with Gasteiger partial charge in [-0.2, -0.15) is 0 Å². The fourth-order valence-corrected chi connectivity index (χ4v) is 3.04. The lowest BCUT2D eigenvalue weighted by Crippen LogP contribution is -2.39. The summed E-state index contributed by atoms with van der Waals surface area (Å²) in [6.45, 7) is 1.23. The van der Waals surface area contributed by atoms with Crippen LogP contribution in [0.15, 0.2) is 36.5 Å². The van der Waals surface area contributed by atoms with Crippen molar-refractivity contribution < 1.29 is 9.66 Å². The molecule has 0 amide bonds. The van der Waals surface area contributed by atoms with E-state index in [9.17, 15) is 10.1 Å². The average molecular weight is 368 g/mol. The van der Waals surface area contributed by atoms with E-state index in [-0.39, 0.29) is 16.8 Å². The number of hydrogen-bond donors (Lipinski definition) is 0. The number of piperidine rings is 1. The van der Waals surface area contributed by atoms with E-state index < -0.39 is 4.92 Å². The predicted octanol–water partition coefficient (Wildman–Crippen LogP) is 4.34. The Balaban J connectivity index is 1.67. The number of anilines is 1. The zero-order valence-electron chi connectivity index (χ0n) is 12.7. The van der Waals surface area contributed by atoms with Gasteiger partial charge in [0.1, 0.15) is 11.9 Å².